The minimum atomic E-state index is -4.96. The van der Waals surface area contributed by atoms with E-state index in [0.29, 0.717) is 12.0 Å². The highest BCUT2D eigenvalue weighted by Crippen LogP contribution is 2.52. The number of benzene rings is 1. The Balaban J connectivity index is 1.72. The Morgan fingerprint density at radius 3 is 2.63 bits per heavy atom. The number of hydrogen-bond donors (Lipinski definition) is 0. The summed E-state index contributed by atoms with van der Waals surface area (Å²) in [5.74, 6) is -2.54. The molecule has 2 bridgehead atoms. The summed E-state index contributed by atoms with van der Waals surface area (Å²) in [6.07, 6.45) is -2.93. The number of amides is 1. The largest absolute Gasteiger partial charge is 0.500 e. The summed E-state index contributed by atoms with van der Waals surface area (Å²) in [6, 6.07) is 6.29. The lowest BCUT2D eigenvalue weighted by atomic mass is 9.67. The molecule has 4 atom stereocenters. The molecule has 5 nitrogen and oxygen atoms in total. The molecule has 1 amide bonds. The van der Waals surface area contributed by atoms with Crippen molar-refractivity contribution in [2.75, 3.05) is 6.61 Å². The third-order valence-corrected chi connectivity index (χ3v) is 6.95. The number of ether oxygens (including phenoxy) is 1. The molecule has 3 aliphatic heterocycles. The van der Waals surface area contributed by atoms with Crippen molar-refractivity contribution in [3.8, 4) is 0 Å². The number of carbonyl (C=O) groups excluding carboxylic acids is 2. The summed E-state index contributed by atoms with van der Waals surface area (Å²) >= 11 is 0. The van der Waals surface area contributed by atoms with Gasteiger partial charge < -0.3 is 14.2 Å². The standard InChI is InChI=1S/C22H21F3N2O3/c1-11(28)15-9-30-10-16-13(15)7-19-20-14(12-5-3-4-6-17(12)26(20)2)8-18(16)27(19)21(29)22(23,24)25/h3-6,9,13,16,18-19H,7-8,10H2,1-2H3/t13-,16+,18-,19-/m0/s1. The summed E-state index contributed by atoms with van der Waals surface area (Å²) in [7, 11) is 1.83. The molecule has 0 N–H and O–H groups in total. The number of ketones is 1. The molecule has 30 heavy (non-hydrogen) atoms. The molecule has 0 radical (unpaired) electrons. The van der Waals surface area contributed by atoms with Crippen LogP contribution in [-0.4, -0.2) is 40.0 Å². The summed E-state index contributed by atoms with van der Waals surface area (Å²) in [6.45, 7) is 1.64. The Morgan fingerprint density at radius 1 is 1.20 bits per heavy atom. The first-order valence-corrected chi connectivity index (χ1v) is 9.98. The fourth-order valence-corrected chi connectivity index (χ4v) is 5.77. The number of fused-ring (bicyclic) bond motifs is 8. The van der Waals surface area contributed by atoms with Gasteiger partial charge in [0, 0.05) is 47.1 Å². The topological polar surface area (TPSA) is 51.5 Å². The van der Waals surface area contributed by atoms with Gasteiger partial charge in [0.05, 0.1) is 18.9 Å². The van der Waals surface area contributed by atoms with Crippen molar-refractivity contribution in [2.24, 2.45) is 18.9 Å². The highest BCUT2D eigenvalue weighted by molar-refractivity contribution is 5.94. The molecule has 3 aliphatic rings. The molecular weight excluding hydrogens is 397 g/mol. The summed E-state index contributed by atoms with van der Waals surface area (Å²) in [5.41, 5.74) is 3.16. The fourth-order valence-electron chi connectivity index (χ4n) is 5.77. The van der Waals surface area contributed by atoms with E-state index in [9.17, 15) is 22.8 Å². The number of para-hydroxylation sites is 1. The van der Waals surface area contributed by atoms with Crippen LogP contribution >= 0.6 is 0 Å². The van der Waals surface area contributed by atoms with Crippen LogP contribution in [0.1, 0.15) is 30.6 Å². The maximum atomic E-state index is 13.6. The zero-order valence-electron chi connectivity index (χ0n) is 16.6. The molecule has 1 saturated heterocycles. The number of aryl methyl sites for hydroxylation is 1. The second-order valence-corrected chi connectivity index (χ2v) is 8.41. The van der Waals surface area contributed by atoms with Crippen LogP contribution in [0.2, 0.25) is 0 Å². The van der Waals surface area contributed by atoms with Crippen LogP contribution < -0.4 is 0 Å². The van der Waals surface area contributed by atoms with E-state index in [1.807, 2.05) is 35.9 Å². The van der Waals surface area contributed by atoms with Gasteiger partial charge in [-0.3, -0.25) is 9.59 Å². The number of nitrogens with zero attached hydrogens (tertiary/aromatic N) is 2. The lowest BCUT2D eigenvalue weighted by Gasteiger charge is -2.54. The fraction of sp³-hybridized carbons (Fsp3) is 0.455. The van der Waals surface area contributed by atoms with Crippen molar-refractivity contribution >= 4 is 22.6 Å². The number of rotatable bonds is 1. The van der Waals surface area contributed by atoms with Crippen LogP contribution in [-0.2, 0) is 27.8 Å². The van der Waals surface area contributed by atoms with Gasteiger partial charge in [0.25, 0.3) is 0 Å². The van der Waals surface area contributed by atoms with Gasteiger partial charge in [-0.25, -0.2) is 0 Å². The van der Waals surface area contributed by atoms with Gasteiger partial charge in [0.1, 0.15) is 0 Å². The molecule has 0 saturated carbocycles. The van der Waals surface area contributed by atoms with Gasteiger partial charge in [-0.1, -0.05) is 18.2 Å². The number of carbonyl (C=O) groups is 2. The third-order valence-electron chi connectivity index (χ3n) is 6.95. The van der Waals surface area contributed by atoms with E-state index in [1.54, 1.807) is 0 Å². The Kier molecular flexibility index (Phi) is 4.07. The molecule has 0 aliphatic carbocycles. The van der Waals surface area contributed by atoms with Crippen molar-refractivity contribution in [2.45, 2.75) is 38.0 Å². The van der Waals surface area contributed by atoms with E-state index in [2.05, 4.69) is 0 Å². The predicted octanol–water partition coefficient (Wildman–Crippen LogP) is 3.67. The van der Waals surface area contributed by atoms with E-state index in [-0.39, 0.29) is 30.6 Å². The molecule has 1 aromatic carbocycles. The van der Waals surface area contributed by atoms with Crippen molar-refractivity contribution in [3.05, 3.63) is 47.4 Å². The molecular formula is C22H21F3N2O3. The summed E-state index contributed by atoms with van der Waals surface area (Å²) in [5, 5.41) is 1.00. The van der Waals surface area contributed by atoms with E-state index in [0.717, 1.165) is 27.1 Å². The van der Waals surface area contributed by atoms with E-state index >= 15 is 0 Å². The SMILES string of the molecule is CC(=O)C1=COC[C@@H]2[C@H]1C[C@H]1c3c(c4ccccc4n3C)C[C@@H]2N1C(=O)C(F)(F)F. The first-order chi connectivity index (χ1) is 14.2. The van der Waals surface area contributed by atoms with Gasteiger partial charge >= 0.3 is 12.1 Å². The molecule has 8 heteroatoms. The maximum absolute atomic E-state index is 13.6. The van der Waals surface area contributed by atoms with Gasteiger partial charge in [-0.15, -0.1) is 0 Å². The molecule has 2 aromatic rings. The van der Waals surface area contributed by atoms with Crippen molar-refractivity contribution in [1.82, 2.24) is 9.47 Å². The molecule has 158 valence electrons. The number of hydrogen-bond acceptors (Lipinski definition) is 3. The average molecular weight is 418 g/mol. The molecule has 0 unspecified atom stereocenters. The second-order valence-electron chi connectivity index (χ2n) is 8.41. The highest BCUT2D eigenvalue weighted by atomic mass is 19.4. The average Bonchev–Trinajstić information content (AvgIpc) is 2.98. The summed E-state index contributed by atoms with van der Waals surface area (Å²) in [4.78, 5) is 25.7. The van der Waals surface area contributed by atoms with E-state index < -0.39 is 24.2 Å². The number of Topliss-reactive ketones (excluding diaryl/α,β-unsaturated/α-hetero) is 1. The van der Waals surface area contributed by atoms with Crippen LogP contribution in [0.25, 0.3) is 10.9 Å². The van der Waals surface area contributed by atoms with Crippen LogP contribution in [0.5, 0.6) is 0 Å². The van der Waals surface area contributed by atoms with E-state index in [1.165, 1.54) is 13.2 Å². The van der Waals surface area contributed by atoms with Gasteiger partial charge in [0.2, 0.25) is 0 Å². The summed E-state index contributed by atoms with van der Waals surface area (Å²) < 4.78 is 48.1. The monoisotopic (exact) mass is 418 g/mol. The lowest BCUT2D eigenvalue weighted by molar-refractivity contribution is -0.198. The molecule has 4 heterocycles. The molecule has 1 aromatic heterocycles. The molecule has 1 fully saturated rings. The zero-order valence-corrected chi connectivity index (χ0v) is 16.6. The molecule has 0 spiro atoms. The molecule has 5 rings (SSSR count). The predicted molar refractivity (Wildman–Crippen MR) is 102 cm³/mol. The highest BCUT2D eigenvalue weighted by Gasteiger charge is 2.57. The van der Waals surface area contributed by atoms with Crippen LogP contribution in [0.15, 0.2) is 36.1 Å². The Hall–Kier alpha value is -2.77. The quantitative estimate of drug-likeness (QED) is 0.710. The number of alkyl halides is 3. The van der Waals surface area contributed by atoms with Gasteiger partial charge in [-0.05, 0) is 31.4 Å². The minimum Gasteiger partial charge on any atom is -0.500 e. The van der Waals surface area contributed by atoms with Crippen LogP contribution in [0.3, 0.4) is 0 Å². The lowest BCUT2D eigenvalue weighted by Crippen LogP contribution is -2.61. The number of halogens is 3. The number of piperidine rings is 1. The van der Waals surface area contributed by atoms with E-state index in [4.69, 9.17) is 4.74 Å². The zero-order chi connectivity index (χ0) is 21.4. The Bertz CT molecular complexity index is 1100. The van der Waals surface area contributed by atoms with Gasteiger partial charge in [-0.2, -0.15) is 13.2 Å². The van der Waals surface area contributed by atoms with Crippen molar-refractivity contribution in [1.29, 1.82) is 0 Å². The number of allylic oxidation sites excluding steroid dienone is 1. The Labute approximate surface area is 171 Å². The van der Waals surface area contributed by atoms with Crippen LogP contribution in [0, 0.1) is 11.8 Å². The van der Waals surface area contributed by atoms with Crippen molar-refractivity contribution in [3.63, 3.8) is 0 Å². The normalized spacial score (nSPS) is 27.8. The first-order valence-electron chi connectivity index (χ1n) is 9.98. The Morgan fingerprint density at radius 2 is 1.93 bits per heavy atom. The maximum Gasteiger partial charge on any atom is 0.471 e. The second kappa shape index (κ2) is 6.36. The smallest absolute Gasteiger partial charge is 0.471 e. The number of aromatic nitrogens is 1. The van der Waals surface area contributed by atoms with Crippen LogP contribution in [0.4, 0.5) is 13.2 Å². The third kappa shape index (κ3) is 2.55. The van der Waals surface area contributed by atoms with Crippen molar-refractivity contribution < 1.29 is 27.5 Å². The minimum absolute atomic E-state index is 0.143. The van der Waals surface area contributed by atoms with Gasteiger partial charge in [0.15, 0.2) is 5.78 Å². The first kappa shape index (κ1) is 19.2.